The molecule has 0 amide bonds. The second-order valence-corrected chi connectivity index (χ2v) is 6.38. The van der Waals surface area contributed by atoms with Crippen LogP contribution in [0.5, 0.6) is 0 Å². The Kier molecular flexibility index (Phi) is 8.17. The number of hydrogen-bond donors (Lipinski definition) is 0. The molecule has 0 spiro atoms. The number of Topliss-reactive ketones (excluding diaryl/α,β-unsaturated/α-hetero) is 1. The van der Waals surface area contributed by atoms with Crippen molar-refractivity contribution in [2.24, 2.45) is 0 Å². The van der Waals surface area contributed by atoms with Crippen LogP contribution in [0, 0.1) is 0 Å². The van der Waals surface area contributed by atoms with E-state index in [9.17, 15) is 53.7 Å². The molecule has 0 aromatic carbocycles. The van der Waals surface area contributed by atoms with Gasteiger partial charge in [0.1, 0.15) is 6.61 Å². The monoisotopic (exact) mass is 445 g/mol. The van der Waals surface area contributed by atoms with Gasteiger partial charge in [-0.05, 0) is 6.92 Å². The third kappa shape index (κ3) is 6.45. The first-order chi connectivity index (χ1) is 12.4. The van der Waals surface area contributed by atoms with E-state index in [1.54, 1.807) is 0 Å². The van der Waals surface area contributed by atoms with Crippen molar-refractivity contribution in [3.63, 3.8) is 0 Å². The van der Waals surface area contributed by atoms with Gasteiger partial charge < -0.3 is 18.8 Å². The molecule has 0 radical (unpaired) electrons. The van der Waals surface area contributed by atoms with Crippen LogP contribution in [0.3, 0.4) is 0 Å². The van der Waals surface area contributed by atoms with Crippen LogP contribution in [0.4, 0.5) is 26.3 Å². The molecule has 162 valence electrons. The van der Waals surface area contributed by atoms with Gasteiger partial charge in [-0.25, -0.2) is 18.0 Å². The largest absolute Gasteiger partial charge is 0.743 e. The van der Waals surface area contributed by atoms with E-state index in [1.165, 1.54) is 0 Å². The Morgan fingerprint density at radius 2 is 1.61 bits per heavy atom. The van der Waals surface area contributed by atoms with Gasteiger partial charge >= 0.3 is 29.2 Å². The zero-order valence-corrected chi connectivity index (χ0v) is 14.5. The molecule has 1 atom stereocenters. The molecular formula is C12H11F6O9S-. The van der Waals surface area contributed by atoms with Crippen molar-refractivity contribution >= 4 is 27.8 Å². The summed E-state index contributed by atoms with van der Waals surface area (Å²) in [6.07, 6.45) is -8.29. The Hall–Kier alpha value is -2.20. The second kappa shape index (κ2) is 8.87. The molecule has 0 aromatic rings. The van der Waals surface area contributed by atoms with Gasteiger partial charge in [0.25, 0.3) is 0 Å². The van der Waals surface area contributed by atoms with Crippen LogP contribution in [0.1, 0.15) is 13.3 Å². The molecule has 1 unspecified atom stereocenters. The topological polar surface area (TPSA) is 136 Å². The van der Waals surface area contributed by atoms with Gasteiger partial charge in [0.15, 0.2) is 15.9 Å². The zero-order chi connectivity index (χ0) is 22.6. The lowest BCUT2D eigenvalue weighted by Crippen LogP contribution is -2.58. The van der Waals surface area contributed by atoms with Crippen LogP contribution in [-0.4, -0.2) is 61.1 Å². The van der Waals surface area contributed by atoms with Crippen LogP contribution < -0.4 is 0 Å². The minimum atomic E-state index is -6.32. The highest BCUT2D eigenvalue weighted by Crippen LogP contribution is 2.38. The lowest BCUT2D eigenvalue weighted by atomic mass is 10.2. The predicted molar refractivity (Wildman–Crippen MR) is 72.0 cm³/mol. The summed E-state index contributed by atoms with van der Waals surface area (Å²) in [7, 11) is -6.32. The average Bonchev–Trinajstić information content (AvgIpc) is 2.48. The first-order valence-electron chi connectivity index (χ1n) is 6.65. The molecule has 0 rings (SSSR count). The van der Waals surface area contributed by atoms with Crippen molar-refractivity contribution in [2.45, 2.75) is 30.6 Å². The maximum absolute atomic E-state index is 13.3. The Labute approximate surface area is 153 Å². The number of halogens is 6. The van der Waals surface area contributed by atoms with E-state index >= 15 is 0 Å². The third-order valence-electron chi connectivity index (χ3n) is 2.57. The summed E-state index contributed by atoms with van der Waals surface area (Å²) < 4.78 is 121. The lowest BCUT2D eigenvalue weighted by Gasteiger charge is -2.32. The van der Waals surface area contributed by atoms with Crippen LogP contribution >= 0.6 is 0 Å². The van der Waals surface area contributed by atoms with Gasteiger partial charge in [-0.1, -0.05) is 6.58 Å². The van der Waals surface area contributed by atoms with E-state index in [0.717, 1.165) is 6.92 Å². The highest BCUT2D eigenvalue weighted by molar-refractivity contribution is 7.86. The molecule has 0 aromatic heterocycles. The Morgan fingerprint density at radius 1 is 1.11 bits per heavy atom. The molecule has 16 heteroatoms. The molecule has 0 aliphatic heterocycles. The smallest absolute Gasteiger partial charge is 0.468 e. The summed E-state index contributed by atoms with van der Waals surface area (Å²) in [4.78, 5) is 33.6. The minimum absolute atomic E-state index is 0.762. The molecular weight excluding hydrogens is 434 g/mol. The predicted octanol–water partition coefficient (Wildman–Crippen LogP) is 0.948. The molecule has 0 aliphatic rings. The van der Waals surface area contributed by atoms with E-state index in [0.29, 0.717) is 0 Å². The van der Waals surface area contributed by atoms with E-state index in [2.05, 4.69) is 20.8 Å². The number of esters is 2. The van der Waals surface area contributed by atoms with Gasteiger partial charge in [0, 0.05) is 6.42 Å². The number of alkyl halides is 5. The van der Waals surface area contributed by atoms with Crippen molar-refractivity contribution in [2.75, 3.05) is 13.2 Å². The van der Waals surface area contributed by atoms with Gasteiger partial charge in [0.2, 0.25) is 5.83 Å². The summed E-state index contributed by atoms with van der Waals surface area (Å²) in [5, 5.41) is -5.12. The van der Waals surface area contributed by atoms with Crippen molar-refractivity contribution in [3.8, 4) is 0 Å². The number of carbonyl (C=O) groups excluding carboxylic acids is 3. The van der Waals surface area contributed by atoms with E-state index in [1.807, 2.05) is 0 Å². The molecule has 0 saturated carbocycles. The average molecular weight is 445 g/mol. The maximum atomic E-state index is 13.3. The Morgan fingerprint density at radius 3 is 1.96 bits per heavy atom. The summed E-state index contributed by atoms with van der Waals surface area (Å²) in [5.41, 5.74) is 0. The molecule has 28 heavy (non-hydrogen) atoms. The normalized spacial score (nSPS) is 14.7. The first-order valence-corrected chi connectivity index (χ1v) is 8.06. The standard InChI is InChI=1S/C12H12F6O9S/c1-6(19)5-25-9(21)11(12(16,17)18,27-8(20)7(2)13)26-4-3-10(14,15)28(22,23)24/h2-5H2,1H3,(H,22,23,24)/p-1. The summed E-state index contributed by atoms with van der Waals surface area (Å²) in [6, 6.07) is 0. The van der Waals surface area contributed by atoms with E-state index < -0.39 is 70.5 Å². The summed E-state index contributed by atoms with van der Waals surface area (Å²) in [5.74, 6) is -13.2. The highest BCUT2D eigenvalue weighted by Gasteiger charge is 2.68. The highest BCUT2D eigenvalue weighted by atomic mass is 32.2. The van der Waals surface area contributed by atoms with Gasteiger partial charge in [-0.2, -0.15) is 26.3 Å². The fourth-order valence-electron chi connectivity index (χ4n) is 1.27. The molecule has 0 N–H and O–H groups in total. The fourth-order valence-corrected chi connectivity index (χ4v) is 1.61. The lowest BCUT2D eigenvalue weighted by molar-refractivity contribution is -0.355. The zero-order valence-electron chi connectivity index (χ0n) is 13.7. The SMILES string of the molecule is C=C(F)C(=O)OC(OCCC(F)(F)S(=O)(=O)[O-])(C(=O)OCC(C)=O)C(F)(F)F. The van der Waals surface area contributed by atoms with Crippen LogP contribution in [0.25, 0.3) is 0 Å². The first kappa shape index (κ1) is 25.8. The molecule has 0 saturated heterocycles. The molecule has 0 fully saturated rings. The second-order valence-electron chi connectivity index (χ2n) is 4.88. The van der Waals surface area contributed by atoms with Crippen LogP contribution in [0.15, 0.2) is 12.4 Å². The van der Waals surface area contributed by atoms with E-state index in [4.69, 9.17) is 0 Å². The number of carbonyl (C=O) groups is 3. The molecule has 0 bridgehead atoms. The number of ketones is 1. The number of hydrogen-bond acceptors (Lipinski definition) is 9. The van der Waals surface area contributed by atoms with Crippen molar-refractivity contribution in [1.82, 2.24) is 0 Å². The summed E-state index contributed by atoms with van der Waals surface area (Å²) >= 11 is 0. The van der Waals surface area contributed by atoms with Crippen LogP contribution in [-0.2, 0) is 38.7 Å². The molecule has 0 aliphatic carbocycles. The maximum Gasteiger partial charge on any atom is 0.468 e. The number of rotatable bonds is 10. The van der Waals surface area contributed by atoms with Gasteiger partial charge in [0.05, 0.1) is 6.61 Å². The van der Waals surface area contributed by atoms with Crippen LogP contribution in [0.2, 0.25) is 0 Å². The molecule has 0 heterocycles. The summed E-state index contributed by atoms with van der Waals surface area (Å²) in [6.45, 7) is -0.253. The molecule has 9 nitrogen and oxygen atoms in total. The van der Waals surface area contributed by atoms with Gasteiger partial charge in [-0.15, -0.1) is 0 Å². The van der Waals surface area contributed by atoms with Crippen molar-refractivity contribution < 1.29 is 67.9 Å². The third-order valence-corrected chi connectivity index (χ3v) is 3.51. The van der Waals surface area contributed by atoms with Crippen molar-refractivity contribution in [3.05, 3.63) is 12.4 Å². The minimum Gasteiger partial charge on any atom is -0.743 e. The quantitative estimate of drug-likeness (QED) is 0.158. The fraction of sp³-hybridized carbons (Fsp3) is 0.583. The van der Waals surface area contributed by atoms with Crippen molar-refractivity contribution in [1.29, 1.82) is 0 Å². The Balaban J connectivity index is 5.91. The van der Waals surface area contributed by atoms with E-state index in [-0.39, 0.29) is 0 Å². The number of ether oxygens (including phenoxy) is 3. The Bertz CT molecular complexity index is 745. The van der Waals surface area contributed by atoms with Gasteiger partial charge in [-0.3, -0.25) is 4.79 Å².